The predicted octanol–water partition coefficient (Wildman–Crippen LogP) is 1.46. The van der Waals surface area contributed by atoms with Gasteiger partial charge in [0.25, 0.3) is 0 Å². The van der Waals surface area contributed by atoms with Crippen molar-refractivity contribution in [2.75, 3.05) is 18.8 Å². The van der Waals surface area contributed by atoms with Gasteiger partial charge in [0.2, 0.25) is 0 Å². The molecule has 2 radical (unpaired) electrons. The summed E-state index contributed by atoms with van der Waals surface area (Å²) in [6.07, 6.45) is 2.79. The largest absolute Gasteiger partial charge is 0.444 e. The minimum Gasteiger partial charge on any atom is -0.444 e. The summed E-state index contributed by atoms with van der Waals surface area (Å²) in [4.78, 5) is 22.4. The van der Waals surface area contributed by atoms with Crippen LogP contribution in [0.5, 0.6) is 0 Å². The van der Waals surface area contributed by atoms with E-state index in [1.54, 1.807) is 4.90 Å². The molecule has 0 spiro atoms. The molecule has 1 saturated heterocycles. The van der Waals surface area contributed by atoms with Crippen LogP contribution in [0.3, 0.4) is 0 Å². The topological polar surface area (TPSA) is 86.3 Å². The van der Waals surface area contributed by atoms with Crippen LogP contribution in [-0.2, 0) is 11.8 Å². The first-order valence-electron chi connectivity index (χ1n) is 8.51. The van der Waals surface area contributed by atoms with Crippen molar-refractivity contribution >= 4 is 36.4 Å². The second-order valence-electron chi connectivity index (χ2n) is 7.56. The van der Waals surface area contributed by atoms with Crippen molar-refractivity contribution in [2.24, 2.45) is 7.05 Å². The number of anilines is 1. The summed E-state index contributed by atoms with van der Waals surface area (Å²) in [5, 5.41) is 0.832. The van der Waals surface area contributed by atoms with Crippen molar-refractivity contribution in [1.29, 1.82) is 0 Å². The van der Waals surface area contributed by atoms with Gasteiger partial charge < -0.3 is 19.9 Å². The van der Waals surface area contributed by atoms with Gasteiger partial charge in [0.1, 0.15) is 31.2 Å². The van der Waals surface area contributed by atoms with Gasteiger partial charge >= 0.3 is 6.09 Å². The molecule has 1 amide bonds. The lowest BCUT2D eigenvalue weighted by atomic mass is 9.83. The fourth-order valence-electron chi connectivity index (χ4n) is 3.42. The summed E-state index contributed by atoms with van der Waals surface area (Å²) in [6, 6.07) is 0. The van der Waals surface area contributed by atoms with Gasteiger partial charge in [-0.05, 0) is 50.7 Å². The van der Waals surface area contributed by atoms with E-state index in [0.29, 0.717) is 24.5 Å². The number of hydrogen-bond acceptors (Lipinski definition) is 5. The first kappa shape index (κ1) is 17.6. The van der Waals surface area contributed by atoms with E-state index < -0.39 is 5.60 Å². The molecule has 2 N–H and O–H groups in total. The van der Waals surface area contributed by atoms with Crippen molar-refractivity contribution in [3.8, 4) is 0 Å². The standard InChI is InChI=1S/C17H24BN5O2/c1-17(2,3)25-16(24)23-7-5-10(6-8-23)11-12-14(19)20-9-21-15(12)22(4)13(11)18/h9-10H,5-8H2,1-4H3,(H2,19,20,21). The van der Waals surface area contributed by atoms with E-state index >= 15 is 0 Å². The third kappa shape index (κ3) is 3.30. The number of nitrogen functional groups attached to an aromatic ring is 1. The van der Waals surface area contributed by atoms with Gasteiger partial charge in [-0.15, -0.1) is 0 Å². The number of nitrogens with zero attached hydrogens (tertiary/aromatic N) is 4. The molecule has 2 aromatic rings. The molecule has 7 nitrogen and oxygen atoms in total. The number of aryl methyl sites for hydroxylation is 1. The molecule has 8 heteroatoms. The Balaban J connectivity index is 1.81. The number of nitrogens with two attached hydrogens (primary N) is 1. The van der Waals surface area contributed by atoms with Gasteiger partial charge in [0, 0.05) is 20.1 Å². The molecule has 25 heavy (non-hydrogen) atoms. The zero-order chi connectivity index (χ0) is 18.4. The van der Waals surface area contributed by atoms with E-state index in [9.17, 15) is 4.79 Å². The molecule has 3 rings (SSSR count). The Bertz CT molecular complexity index is 803. The lowest BCUT2D eigenvalue weighted by molar-refractivity contribution is 0.0205. The minimum atomic E-state index is -0.486. The van der Waals surface area contributed by atoms with E-state index in [-0.39, 0.29) is 12.0 Å². The second kappa shape index (κ2) is 6.24. The number of aromatic nitrogens is 3. The highest BCUT2D eigenvalue weighted by molar-refractivity contribution is 6.34. The zero-order valence-electron chi connectivity index (χ0n) is 15.2. The number of fused-ring (bicyclic) bond motifs is 1. The number of amides is 1. The van der Waals surface area contributed by atoms with Crippen LogP contribution < -0.4 is 11.3 Å². The molecular formula is C17H24BN5O2. The van der Waals surface area contributed by atoms with E-state index in [0.717, 1.165) is 29.4 Å². The first-order chi connectivity index (χ1) is 11.7. The van der Waals surface area contributed by atoms with Crippen LogP contribution in [0.25, 0.3) is 11.0 Å². The lowest BCUT2D eigenvalue weighted by Crippen LogP contribution is -2.41. The van der Waals surface area contributed by atoms with Crippen molar-refractivity contribution in [2.45, 2.75) is 45.1 Å². The smallest absolute Gasteiger partial charge is 0.410 e. The van der Waals surface area contributed by atoms with E-state index in [1.807, 2.05) is 32.4 Å². The molecule has 0 bridgehead atoms. The maximum atomic E-state index is 12.2. The Morgan fingerprint density at radius 2 is 1.96 bits per heavy atom. The Morgan fingerprint density at radius 3 is 2.56 bits per heavy atom. The number of likely N-dealkylation sites (tertiary alicyclic amines) is 1. The molecule has 1 fully saturated rings. The highest BCUT2D eigenvalue weighted by atomic mass is 16.6. The first-order valence-corrected chi connectivity index (χ1v) is 8.51. The van der Waals surface area contributed by atoms with Crippen molar-refractivity contribution in [3.63, 3.8) is 0 Å². The highest BCUT2D eigenvalue weighted by Gasteiger charge is 2.30. The monoisotopic (exact) mass is 341 g/mol. The highest BCUT2D eigenvalue weighted by Crippen LogP contribution is 2.34. The van der Waals surface area contributed by atoms with Crippen LogP contribution in [-0.4, -0.2) is 52.1 Å². The SMILES string of the molecule is [B]c1c(C2CCN(C(=O)OC(C)(C)C)CC2)c2c(N)ncnc2n1C. The van der Waals surface area contributed by atoms with Crippen molar-refractivity contribution in [3.05, 3.63) is 11.9 Å². The van der Waals surface area contributed by atoms with Crippen LogP contribution in [0, 0.1) is 0 Å². The number of carbonyl (C=O) groups excluding carboxylic acids is 1. The quantitative estimate of drug-likeness (QED) is 0.794. The molecule has 1 aliphatic rings. The fourth-order valence-corrected chi connectivity index (χ4v) is 3.42. The normalized spacial score (nSPS) is 16.4. The number of ether oxygens (including phenoxy) is 1. The molecule has 0 aliphatic carbocycles. The summed E-state index contributed by atoms with van der Waals surface area (Å²) in [5.41, 5.74) is 8.01. The summed E-state index contributed by atoms with van der Waals surface area (Å²) >= 11 is 0. The van der Waals surface area contributed by atoms with Crippen LogP contribution in [0.4, 0.5) is 10.6 Å². The van der Waals surface area contributed by atoms with Gasteiger partial charge in [0.15, 0.2) is 0 Å². The average molecular weight is 341 g/mol. The molecule has 0 unspecified atom stereocenters. The minimum absolute atomic E-state index is 0.218. The third-order valence-electron chi connectivity index (χ3n) is 4.64. The molecule has 132 valence electrons. The lowest BCUT2D eigenvalue weighted by Gasteiger charge is -2.33. The number of hydrogen-bond donors (Lipinski definition) is 1. The van der Waals surface area contributed by atoms with Gasteiger partial charge in [0.05, 0.1) is 5.39 Å². The molecule has 0 atom stereocenters. The van der Waals surface area contributed by atoms with Crippen LogP contribution in [0.2, 0.25) is 0 Å². The summed E-state index contributed by atoms with van der Waals surface area (Å²) < 4.78 is 7.30. The van der Waals surface area contributed by atoms with Gasteiger partial charge in [-0.1, -0.05) is 0 Å². The summed E-state index contributed by atoms with van der Waals surface area (Å²) in [5.74, 6) is 0.664. The summed E-state index contributed by atoms with van der Waals surface area (Å²) in [6.45, 7) is 6.87. The van der Waals surface area contributed by atoms with Gasteiger partial charge in [-0.2, -0.15) is 0 Å². The number of carbonyl (C=O) groups is 1. The Morgan fingerprint density at radius 1 is 1.32 bits per heavy atom. The van der Waals surface area contributed by atoms with Crippen molar-refractivity contribution < 1.29 is 9.53 Å². The van der Waals surface area contributed by atoms with Crippen molar-refractivity contribution in [1.82, 2.24) is 19.4 Å². The molecule has 0 aromatic carbocycles. The molecule has 2 aromatic heterocycles. The predicted molar refractivity (Wildman–Crippen MR) is 98.1 cm³/mol. The second-order valence-corrected chi connectivity index (χ2v) is 7.56. The molecule has 0 saturated carbocycles. The van der Waals surface area contributed by atoms with E-state index in [4.69, 9.17) is 18.3 Å². The number of rotatable bonds is 1. The maximum Gasteiger partial charge on any atom is 0.410 e. The van der Waals surface area contributed by atoms with E-state index in [2.05, 4.69) is 9.97 Å². The van der Waals surface area contributed by atoms with Crippen LogP contribution in [0.1, 0.15) is 45.1 Å². The number of piperidine rings is 1. The van der Waals surface area contributed by atoms with E-state index in [1.165, 1.54) is 6.33 Å². The fraction of sp³-hybridized carbons (Fsp3) is 0.588. The molecular weight excluding hydrogens is 317 g/mol. The molecule has 3 heterocycles. The third-order valence-corrected chi connectivity index (χ3v) is 4.64. The average Bonchev–Trinajstić information content (AvgIpc) is 2.79. The Kier molecular flexibility index (Phi) is 4.39. The summed E-state index contributed by atoms with van der Waals surface area (Å²) in [7, 11) is 8.21. The maximum absolute atomic E-state index is 12.2. The molecule has 1 aliphatic heterocycles. The van der Waals surface area contributed by atoms with Crippen LogP contribution in [0.15, 0.2) is 6.33 Å². The Hall–Kier alpha value is -2.25. The zero-order valence-corrected chi connectivity index (χ0v) is 15.2. The van der Waals surface area contributed by atoms with Crippen LogP contribution >= 0.6 is 0 Å². The van der Waals surface area contributed by atoms with Gasteiger partial charge in [-0.25, -0.2) is 14.8 Å². The van der Waals surface area contributed by atoms with Gasteiger partial charge in [-0.3, -0.25) is 0 Å². The Labute approximate surface area is 149 Å².